The van der Waals surface area contributed by atoms with E-state index < -0.39 is 0 Å². The van der Waals surface area contributed by atoms with E-state index in [4.69, 9.17) is 11.6 Å². The molecule has 1 heterocycles. The van der Waals surface area contributed by atoms with Crippen LogP contribution in [0.5, 0.6) is 0 Å². The molecule has 0 aliphatic rings. The van der Waals surface area contributed by atoms with Gasteiger partial charge in [-0.2, -0.15) is 0 Å². The summed E-state index contributed by atoms with van der Waals surface area (Å²) in [5.74, 6) is 0. The van der Waals surface area contributed by atoms with Crippen LogP contribution in [0.2, 0.25) is 5.02 Å². The van der Waals surface area contributed by atoms with Gasteiger partial charge in [-0.15, -0.1) is 11.3 Å². The average molecular weight is 267 g/mol. The molecule has 0 unspecified atom stereocenters. The number of halogens is 1. The number of benzene rings is 1. The molecular weight excluding hydrogens is 252 g/mol. The highest BCUT2D eigenvalue weighted by atomic mass is 35.5. The van der Waals surface area contributed by atoms with Crippen molar-refractivity contribution >= 4 is 22.9 Å². The van der Waals surface area contributed by atoms with Crippen molar-refractivity contribution in [3.8, 4) is 0 Å². The molecule has 2 nitrogen and oxygen atoms in total. The maximum absolute atomic E-state index is 6.08. The SMILES string of the molecule is Cc1ccc(CNCc2scnc2C)cc1Cl. The van der Waals surface area contributed by atoms with Gasteiger partial charge in [0, 0.05) is 23.0 Å². The van der Waals surface area contributed by atoms with E-state index in [0.717, 1.165) is 29.4 Å². The monoisotopic (exact) mass is 266 g/mol. The van der Waals surface area contributed by atoms with Gasteiger partial charge in [0.1, 0.15) is 0 Å². The molecule has 0 saturated heterocycles. The number of rotatable bonds is 4. The second-order valence-electron chi connectivity index (χ2n) is 4.05. The fraction of sp³-hybridized carbons (Fsp3) is 0.308. The van der Waals surface area contributed by atoms with Crippen LogP contribution in [-0.4, -0.2) is 4.98 Å². The lowest BCUT2D eigenvalue weighted by molar-refractivity contribution is 0.697. The number of hydrogen-bond acceptors (Lipinski definition) is 3. The summed E-state index contributed by atoms with van der Waals surface area (Å²) in [6.07, 6.45) is 0. The summed E-state index contributed by atoms with van der Waals surface area (Å²) in [6, 6.07) is 6.18. The van der Waals surface area contributed by atoms with Gasteiger partial charge in [0.15, 0.2) is 0 Å². The summed E-state index contributed by atoms with van der Waals surface area (Å²) in [4.78, 5) is 5.52. The lowest BCUT2D eigenvalue weighted by atomic mass is 10.1. The van der Waals surface area contributed by atoms with Gasteiger partial charge in [0.25, 0.3) is 0 Å². The molecule has 90 valence electrons. The number of thiazole rings is 1. The first kappa shape index (κ1) is 12.6. The van der Waals surface area contributed by atoms with Crippen LogP contribution < -0.4 is 5.32 Å². The molecule has 2 rings (SSSR count). The van der Waals surface area contributed by atoms with Gasteiger partial charge in [-0.05, 0) is 31.0 Å². The van der Waals surface area contributed by atoms with Gasteiger partial charge in [-0.1, -0.05) is 23.7 Å². The lowest BCUT2D eigenvalue weighted by Gasteiger charge is -2.06. The fourth-order valence-electron chi connectivity index (χ4n) is 1.56. The second-order valence-corrected chi connectivity index (χ2v) is 5.39. The van der Waals surface area contributed by atoms with Crippen LogP contribution in [0.15, 0.2) is 23.7 Å². The van der Waals surface area contributed by atoms with E-state index in [-0.39, 0.29) is 0 Å². The van der Waals surface area contributed by atoms with Crippen molar-refractivity contribution in [2.45, 2.75) is 26.9 Å². The molecule has 0 amide bonds. The lowest BCUT2D eigenvalue weighted by Crippen LogP contribution is -2.12. The molecule has 0 fully saturated rings. The predicted octanol–water partition coefficient (Wildman–Crippen LogP) is 3.70. The molecule has 0 bridgehead atoms. The van der Waals surface area contributed by atoms with Crippen molar-refractivity contribution < 1.29 is 0 Å². The third-order valence-corrected chi connectivity index (χ3v) is 4.04. The smallest absolute Gasteiger partial charge is 0.0798 e. The van der Waals surface area contributed by atoms with Crippen LogP contribution in [0.4, 0.5) is 0 Å². The van der Waals surface area contributed by atoms with E-state index in [9.17, 15) is 0 Å². The van der Waals surface area contributed by atoms with Crippen LogP contribution in [0.25, 0.3) is 0 Å². The molecule has 0 radical (unpaired) electrons. The molecule has 0 aliphatic heterocycles. The second kappa shape index (κ2) is 5.63. The summed E-state index contributed by atoms with van der Waals surface area (Å²) in [5.41, 5.74) is 5.33. The Labute approximate surface area is 111 Å². The van der Waals surface area contributed by atoms with Crippen molar-refractivity contribution in [3.05, 3.63) is 50.4 Å². The molecule has 2 aromatic rings. The van der Waals surface area contributed by atoms with Gasteiger partial charge >= 0.3 is 0 Å². The molecular formula is C13H15ClN2S. The standard InChI is InChI=1S/C13H15ClN2S/c1-9-3-4-11(5-12(9)14)6-15-7-13-10(2)16-8-17-13/h3-5,8,15H,6-7H2,1-2H3. The molecule has 4 heteroatoms. The van der Waals surface area contributed by atoms with Crippen molar-refractivity contribution in [2.75, 3.05) is 0 Å². The topological polar surface area (TPSA) is 24.9 Å². The Morgan fingerprint density at radius 1 is 1.29 bits per heavy atom. The van der Waals surface area contributed by atoms with Crippen LogP contribution >= 0.6 is 22.9 Å². The molecule has 0 saturated carbocycles. The number of nitrogens with one attached hydrogen (secondary N) is 1. The zero-order chi connectivity index (χ0) is 12.3. The van der Waals surface area contributed by atoms with Crippen molar-refractivity contribution in [3.63, 3.8) is 0 Å². The highest BCUT2D eigenvalue weighted by Gasteiger charge is 2.01. The Hall–Kier alpha value is -0.900. The van der Waals surface area contributed by atoms with E-state index in [2.05, 4.69) is 22.4 Å². The Balaban J connectivity index is 1.90. The molecule has 17 heavy (non-hydrogen) atoms. The summed E-state index contributed by atoms with van der Waals surface area (Å²) >= 11 is 7.77. The van der Waals surface area contributed by atoms with Crippen molar-refractivity contribution in [1.29, 1.82) is 0 Å². The van der Waals surface area contributed by atoms with Gasteiger partial charge in [-0.3, -0.25) is 0 Å². The summed E-state index contributed by atoms with van der Waals surface area (Å²) in [7, 11) is 0. The van der Waals surface area contributed by atoms with E-state index in [1.807, 2.05) is 25.4 Å². The molecule has 0 aliphatic carbocycles. The Morgan fingerprint density at radius 2 is 2.12 bits per heavy atom. The third kappa shape index (κ3) is 3.28. The molecule has 1 aromatic heterocycles. The predicted molar refractivity (Wildman–Crippen MR) is 73.6 cm³/mol. The minimum absolute atomic E-state index is 0.831. The Morgan fingerprint density at radius 3 is 2.76 bits per heavy atom. The van der Waals surface area contributed by atoms with Gasteiger partial charge in [0.05, 0.1) is 11.2 Å². The van der Waals surface area contributed by atoms with E-state index in [1.165, 1.54) is 10.4 Å². The number of aromatic nitrogens is 1. The highest BCUT2D eigenvalue weighted by Crippen LogP contribution is 2.17. The van der Waals surface area contributed by atoms with E-state index in [0.29, 0.717) is 0 Å². The van der Waals surface area contributed by atoms with Gasteiger partial charge < -0.3 is 5.32 Å². The highest BCUT2D eigenvalue weighted by molar-refractivity contribution is 7.09. The zero-order valence-electron chi connectivity index (χ0n) is 9.96. The normalized spacial score (nSPS) is 10.8. The maximum atomic E-state index is 6.08. The first-order valence-corrected chi connectivity index (χ1v) is 6.77. The van der Waals surface area contributed by atoms with E-state index >= 15 is 0 Å². The summed E-state index contributed by atoms with van der Waals surface area (Å²) in [6.45, 7) is 5.75. The quantitative estimate of drug-likeness (QED) is 0.913. The van der Waals surface area contributed by atoms with Crippen molar-refractivity contribution in [2.24, 2.45) is 0 Å². The van der Waals surface area contributed by atoms with Crippen LogP contribution in [-0.2, 0) is 13.1 Å². The number of nitrogens with zero attached hydrogens (tertiary/aromatic N) is 1. The molecule has 0 spiro atoms. The Kier molecular flexibility index (Phi) is 4.15. The molecule has 1 aromatic carbocycles. The van der Waals surface area contributed by atoms with Crippen LogP contribution in [0.1, 0.15) is 21.7 Å². The van der Waals surface area contributed by atoms with Crippen LogP contribution in [0.3, 0.4) is 0 Å². The summed E-state index contributed by atoms with van der Waals surface area (Å²) in [5, 5.41) is 4.24. The summed E-state index contributed by atoms with van der Waals surface area (Å²) < 4.78 is 0. The molecule has 0 atom stereocenters. The third-order valence-electron chi connectivity index (χ3n) is 2.70. The van der Waals surface area contributed by atoms with E-state index in [1.54, 1.807) is 11.3 Å². The first-order valence-electron chi connectivity index (χ1n) is 5.51. The number of aryl methyl sites for hydroxylation is 2. The maximum Gasteiger partial charge on any atom is 0.0798 e. The Bertz CT molecular complexity index is 508. The number of hydrogen-bond donors (Lipinski definition) is 1. The fourth-order valence-corrected chi connectivity index (χ4v) is 2.51. The minimum atomic E-state index is 0.831. The van der Waals surface area contributed by atoms with Gasteiger partial charge in [-0.25, -0.2) is 4.98 Å². The van der Waals surface area contributed by atoms with Crippen molar-refractivity contribution in [1.82, 2.24) is 10.3 Å². The minimum Gasteiger partial charge on any atom is -0.308 e. The first-order chi connectivity index (χ1) is 8.16. The zero-order valence-corrected chi connectivity index (χ0v) is 11.5. The van der Waals surface area contributed by atoms with Crippen LogP contribution in [0, 0.1) is 13.8 Å². The molecule has 1 N–H and O–H groups in total. The largest absolute Gasteiger partial charge is 0.308 e. The average Bonchev–Trinajstić information content (AvgIpc) is 2.70. The van der Waals surface area contributed by atoms with Gasteiger partial charge in [0.2, 0.25) is 0 Å².